The van der Waals surface area contributed by atoms with E-state index in [9.17, 15) is 31.7 Å². The first-order chi connectivity index (χ1) is 13.8. The van der Waals surface area contributed by atoms with Crippen LogP contribution in [-0.4, -0.2) is 19.4 Å². The lowest BCUT2D eigenvalue weighted by Crippen LogP contribution is -2.31. The highest BCUT2D eigenvalue weighted by Crippen LogP contribution is 2.40. The van der Waals surface area contributed by atoms with Gasteiger partial charge in [-0.05, 0) is 31.0 Å². The van der Waals surface area contributed by atoms with Gasteiger partial charge in [0.1, 0.15) is 5.69 Å². The number of hydrogen-bond acceptors (Lipinski definition) is 5. The molecule has 0 spiro atoms. The van der Waals surface area contributed by atoms with Gasteiger partial charge < -0.3 is 5.32 Å². The summed E-state index contributed by atoms with van der Waals surface area (Å²) < 4.78 is 65.8. The van der Waals surface area contributed by atoms with Crippen molar-refractivity contribution in [2.75, 3.05) is 5.32 Å². The van der Waals surface area contributed by atoms with Gasteiger partial charge in [-0.1, -0.05) is 35.9 Å². The molecule has 0 aliphatic rings. The summed E-state index contributed by atoms with van der Waals surface area (Å²) in [4.78, 5) is 10.3. The van der Waals surface area contributed by atoms with E-state index >= 15 is 0 Å². The number of sulfonamides is 1. The van der Waals surface area contributed by atoms with Gasteiger partial charge in [0.05, 0.1) is 21.3 Å². The third kappa shape index (κ3) is 6.31. The van der Waals surface area contributed by atoms with E-state index in [1.807, 2.05) is 0 Å². The fourth-order valence-electron chi connectivity index (χ4n) is 2.74. The number of rotatable bonds is 8. The molecule has 0 aliphatic heterocycles. The molecule has 0 saturated carbocycles. The number of halogens is 4. The summed E-state index contributed by atoms with van der Waals surface area (Å²) in [5.74, 6) is -0.321. The minimum atomic E-state index is -4.84. The van der Waals surface area contributed by atoms with E-state index in [1.54, 1.807) is 38.1 Å². The first kappa shape index (κ1) is 23.9. The molecule has 0 fully saturated rings. The van der Waals surface area contributed by atoms with Crippen molar-refractivity contribution in [1.82, 2.24) is 4.72 Å². The highest BCUT2D eigenvalue weighted by atomic mass is 35.5. The number of alkyl halides is 3. The molecule has 2 aromatic carbocycles. The molecule has 0 bridgehead atoms. The number of nitrogens with zero attached hydrogens (tertiary/aromatic N) is 1. The quantitative estimate of drug-likeness (QED) is 0.434. The van der Waals surface area contributed by atoms with E-state index in [0.29, 0.717) is 17.2 Å². The molecule has 0 saturated heterocycles. The van der Waals surface area contributed by atoms with Crippen molar-refractivity contribution in [1.29, 1.82) is 0 Å². The predicted octanol–water partition coefficient (Wildman–Crippen LogP) is 4.71. The van der Waals surface area contributed by atoms with Gasteiger partial charge in [0.2, 0.25) is 10.0 Å². The van der Waals surface area contributed by atoms with E-state index in [4.69, 9.17) is 11.6 Å². The Morgan fingerprint density at radius 1 is 1.17 bits per heavy atom. The van der Waals surface area contributed by atoms with Gasteiger partial charge in [-0.15, -0.1) is 0 Å². The van der Waals surface area contributed by atoms with E-state index in [-0.39, 0.29) is 24.0 Å². The maximum atomic E-state index is 13.0. The Labute approximate surface area is 176 Å². The molecule has 0 radical (unpaired) electrons. The number of nitrogens with one attached hydrogen (secondary N) is 2. The van der Waals surface area contributed by atoms with Gasteiger partial charge in [-0.25, -0.2) is 13.1 Å². The Hall–Kier alpha value is -2.37. The maximum absolute atomic E-state index is 13.0. The fourth-order valence-corrected chi connectivity index (χ4v) is 4.50. The van der Waals surface area contributed by atoms with Crippen LogP contribution in [0.15, 0.2) is 36.4 Å². The Morgan fingerprint density at radius 2 is 1.77 bits per heavy atom. The summed E-state index contributed by atoms with van der Waals surface area (Å²) in [6, 6.07) is 7.40. The first-order valence-electron chi connectivity index (χ1n) is 8.66. The zero-order valence-electron chi connectivity index (χ0n) is 16.0. The second kappa shape index (κ2) is 9.19. The zero-order valence-corrected chi connectivity index (χ0v) is 17.5. The van der Waals surface area contributed by atoms with E-state index in [0.717, 1.165) is 6.07 Å². The third-order valence-corrected chi connectivity index (χ3v) is 5.77. The molecular weight excluding hydrogens is 447 g/mol. The van der Waals surface area contributed by atoms with Crippen LogP contribution in [0.4, 0.5) is 24.5 Å². The van der Waals surface area contributed by atoms with Crippen molar-refractivity contribution in [3.8, 4) is 0 Å². The average Bonchev–Trinajstić information content (AvgIpc) is 2.58. The summed E-state index contributed by atoms with van der Waals surface area (Å²) in [5.41, 5.74) is -1.36. The van der Waals surface area contributed by atoms with Crippen LogP contribution in [0.25, 0.3) is 0 Å². The van der Waals surface area contributed by atoms with Crippen LogP contribution in [-0.2, 0) is 28.5 Å². The minimum Gasteiger partial charge on any atom is -0.375 e. The van der Waals surface area contributed by atoms with Crippen LogP contribution in [0.1, 0.15) is 30.5 Å². The van der Waals surface area contributed by atoms with Crippen LogP contribution in [0.5, 0.6) is 0 Å². The third-order valence-electron chi connectivity index (χ3n) is 3.94. The molecule has 7 nitrogen and oxygen atoms in total. The second-order valence-corrected chi connectivity index (χ2v) is 8.92. The molecule has 0 aromatic heterocycles. The van der Waals surface area contributed by atoms with Gasteiger partial charge in [0.25, 0.3) is 5.69 Å². The predicted molar refractivity (Wildman–Crippen MR) is 108 cm³/mol. The minimum absolute atomic E-state index is 0.0596. The van der Waals surface area contributed by atoms with Crippen LogP contribution in [0.3, 0.4) is 0 Å². The Bertz CT molecular complexity index is 1040. The monoisotopic (exact) mass is 465 g/mol. The number of nitro benzene ring substituents is 1. The standard InChI is InChI=1S/C18H19ClF3N3O4S/c1-11(2)24-30(28,29)10-13-6-4-3-5-12(13)9-23-16-8-15(19)14(18(20,21)22)7-17(16)25(26)27/h3-8,11,23-24H,9-10H2,1-2H3. The van der Waals surface area contributed by atoms with Crippen molar-refractivity contribution in [2.24, 2.45) is 0 Å². The van der Waals surface area contributed by atoms with Crippen LogP contribution >= 0.6 is 11.6 Å². The van der Waals surface area contributed by atoms with Crippen molar-refractivity contribution in [2.45, 2.75) is 38.4 Å². The number of hydrogen-bond donors (Lipinski definition) is 2. The molecule has 164 valence electrons. The number of nitro groups is 1. The summed E-state index contributed by atoms with van der Waals surface area (Å²) in [6.45, 7) is 3.30. The van der Waals surface area contributed by atoms with Gasteiger partial charge in [-0.2, -0.15) is 13.2 Å². The van der Waals surface area contributed by atoms with Crippen molar-refractivity contribution in [3.63, 3.8) is 0 Å². The number of benzene rings is 2. The molecule has 0 aliphatic carbocycles. The molecule has 0 amide bonds. The topological polar surface area (TPSA) is 101 Å². The van der Waals surface area contributed by atoms with Gasteiger partial charge in [0, 0.05) is 18.7 Å². The van der Waals surface area contributed by atoms with Gasteiger partial charge >= 0.3 is 6.18 Å². The van der Waals surface area contributed by atoms with Gasteiger partial charge in [0.15, 0.2) is 0 Å². The molecular formula is C18H19ClF3N3O4S. The van der Waals surface area contributed by atoms with Crippen LogP contribution < -0.4 is 10.0 Å². The lowest BCUT2D eigenvalue weighted by molar-refractivity contribution is -0.384. The Balaban J connectivity index is 2.32. The largest absolute Gasteiger partial charge is 0.418 e. The highest BCUT2D eigenvalue weighted by Gasteiger charge is 2.36. The van der Waals surface area contributed by atoms with Crippen molar-refractivity contribution >= 4 is 33.0 Å². The molecule has 0 heterocycles. The molecule has 2 aromatic rings. The van der Waals surface area contributed by atoms with Gasteiger partial charge in [-0.3, -0.25) is 10.1 Å². The summed E-state index contributed by atoms with van der Waals surface area (Å²) in [6.07, 6.45) is -4.84. The lowest BCUT2D eigenvalue weighted by Gasteiger charge is -2.15. The van der Waals surface area contributed by atoms with Crippen molar-refractivity contribution < 1.29 is 26.5 Å². The number of anilines is 1. The van der Waals surface area contributed by atoms with E-state index < -0.39 is 37.4 Å². The van der Waals surface area contributed by atoms with E-state index in [2.05, 4.69) is 10.0 Å². The summed E-state index contributed by atoms with van der Waals surface area (Å²) in [5, 5.41) is 13.2. The maximum Gasteiger partial charge on any atom is 0.418 e. The fraction of sp³-hybridized carbons (Fsp3) is 0.333. The Morgan fingerprint density at radius 3 is 2.30 bits per heavy atom. The first-order valence-corrected chi connectivity index (χ1v) is 10.7. The van der Waals surface area contributed by atoms with E-state index in [1.165, 1.54) is 0 Å². The average molecular weight is 466 g/mol. The van der Waals surface area contributed by atoms with Crippen LogP contribution in [0.2, 0.25) is 5.02 Å². The second-order valence-electron chi connectivity index (χ2n) is 6.76. The molecule has 0 atom stereocenters. The SMILES string of the molecule is CC(C)NS(=O)(=O)Cc1ccccc1CNc1cc(Cl)c(C(F)(F)F)cc1[N+](=O)[O-]. The lowest BCUT2D eigenvalue weighted by atomic mass is 10.1. The summed E-state index contributed by atoms with van der Waals surface area (Å²) >= 11 is 5.67. The molecule has 12 heteroatoms. The smallest absolute Gasteiger partial charge is 0.375 e. The summed E-state index contributed by atoms with van der Waals surface area (Å²) in [7, 11) is -3.62. The molecule has 30 heavy (non-hydrogen) atoms. The molecule has 2 N–H and O–H groups in total. The zero-order chi connectivity index (χ0) is 22.7. The molecule has 0 unspecified atom stereocenters. The molecule has 2 rings (SSSR count). The van der Waals surface area contributed by atoms with Crippen LogP contribution in [0, 0.1) is 10.1 Å². The normalized spacial score (nSPS) is 12.2. The Kier molecular flexibility index (Phi) is 7.32. The highest BCUT2D eigenvalue weighted by molar-refractivity contribution is 7.88. The van der Waals surface area contributed by atoms with Crippen molar-refractivity contribution in [3.05, 3.63) is 68.2 Å².